The molecule has 1 heterocycles. The maximum Gasteiger partial charge on any atom is 0.123 e. The fraction of sp³-hybridized carbons (Fsp3) is 0.400. The van der Waals surface area contributed by atoms with Crippen molar-refractivity contribution in [3.8, 4) is 5.75 Å². The maximum atomic E-state index is 5.52. The van der Waals surface area contributed by atoms with Gasteiger partial charge in [0.15, 0.2) is 0 Å². The molecule has 1 fully saturated rings. The SMILES string of the molecule is C1CCNCC1.COc1ccc(C)cc1CN.c1ccccc1. The van der Waals surface area contributed by atoms with E-state index in [9.17, 15) is 0 Å². The van der Waals surface area contributed by atoms with Gasteiger partial charge in [-0.1, -0.05) is 60.5 Å². The molecule has 0 bridgehead atoms. The molecule has 0 aliphatic carbocycles. The lowest BCUT2D eigenvalue weighted by Gasteiger charge is -2.08. The van der Waals surface area contributed by atoms with Crippen molar-refractivity contribution >= 4 is 0 Å². The Morgan fingerprint density at radius 1 is 0.957 bits per heavy atom. The number of piperidine rings is 1. The molecule has 2 aromatic carbocycles. The fourth-order valence-electron chi connectivity index (χ4n) is 2.25. The molecule has 1 saturated heterocycles. The number of rotatable bonds is 2. The van der Waals surface area contributed by atoms with Gasteiger partial charge in [-0.2, -0.15) is 0 Å². The summed E-state index contributed by atoms with van der Waals surface area (Å²) in [6.45, 7) is 5.07. The van der Waals surface area contributed by atoms with E-state index < -0.39 is 0 Å². The molecule has 0 saturated carbocycles. The smallest absolute Gasteiger partial charge is 0.123 e. The quantitative estimate of drug-likeness (QED) is 0.883. The lowest BCUT2D eigenvalue weighted by atomic mass is 10.1. The molecule has 1 aliphatic rings. The van der Waals surface area contributed by atoms with Crippen molar-refractivity contribution in [2.45, 2.75) is 32.7 Å². The number of hydrogen-bond acceptors (Lipinski definition) is 3. The number of aryl methyl sites for hydroxylation is 1. The van der Waals surface area contributed by atoms with E-state index in [1.54, 1.807) is 7.11 Å². The summed E-state index contributed by atoms with van der Waals surface area (Å²) in [4.78, 5) is 0. The van der Waals surface area contributed by atoms with E-state index in [2.05, 4.69) is 5.32 Å². The minimum atomic E-state index is 0.533. The van der Waals surface area contributed by atoms with Gasteiger partial charge < -0.3 is 15.8 Å². The molecule has 2 aromatic rings. The van der Waals surface area contributed by atoms with E-state index in [1.807, 2.05) is 61.5 Å². The molecule has 126 valence electrons. The van der Waals surface area contributed by atoms with Gasteiger partial charge in [0.25, 0.3) is 0 Å². The van der Waals surface area contributed by atoms with E-state index >= 15 is 0 Å². The molecule has 3 rings (SSSR count). The minimum absolute atomic E-state index is 0.533. The van der Waals surface area contributed by atoms with Crippen molar-refractivity contribution in [3.05, 3.63) is 65.7 Å². The van der Waals surface area contributed by atoms with Crippen LogP contribution in [0.5, 0.6) is 5.75 Å². The number of nitrogens with one attached hydrogen (secondary N) is 1. The average Bonchev–Trinajstić information content (AvgIpc) is 2.65. The second-order valence-corrected chi connectivity index (χ2v) is 5.48. The van der Waals surface area contributed by atoms with Crippen LogP contribution in [0.4, 0.5) is 0 Å². The van der Waals surface area contributed by atoms with Gasteiger partial charge in [-0.05, 0) is 38.9 Å². The standard InChI is InChI=1S/C9H13NO.C6H6.C5H11N/c1-7-3-4-9(11-2)8(5-7)6-10;2*1-2-4-6-5-3-1/h3-5H,6,10H2,1-2H3;1-6H;6H,1-5H2. The zero-order valence-corrected chi connectivity index (χ0v) is 14.4. The Hall–Kier alpha value is -1.84. The minimum Gasteiger partial charge on any atom is -0.496 e. The highest BCUT2D eigenvalue weighted by Crippen LogP contribution is 2.18. The van der Waals surface area contributed by atoms with E-state index in [-0.39, 0.29) is 0 Å². The third-order valence-corrected chi connectivity index (χ3v) is 3.53. The predicted molar refractivity (Wildman–Crippen MR) is 98.8 cm³/mol. The molecule has 3 N–H and O–H groups in total. The molecule has 3 heteroatoms. The molecule has 0 aromatic heterocycles. The first kappa shape index (κ1) is 19.2. The first-order chi connectivity index (χ1) is 11.3. The van der Waals surface area contributed by atoms with Crippen LogP contribution in [-0.2, 0) is 6.54 Å². The molecule has 0 radical (unpaired) electrons. The van der Waals surface area contributed by atoms with Crippen molar-refractivity contribution in [1.29, 1.82) is 0 Å². The van der Waals surface area contributed by atoms with E-state index in [4.69, 9.17) is 10.5 Å². The topological polar surface area (TPSA) is 47.3 Å². The second kappa shape index (κ2) is 12.7. The summed E-state index contributed by atoms with van der Waals surface area (Å²) in [7, 11) is 1.66. The summed E-state index contributed by atoms with van der Waals surface area (Å²) in [5.74, 6) is 0.873. The molecule has 0 spiro atoms. The van der Waals surface area contributed by atoms with E-state index in [0.29, 0.717) is 6.54 Å². The summed E-state index contributed by atoms with van der Waals surface area (Å²) >= 11 is 0. The number of benzene rings is 2. The van der Waals surface area contributed by atoms with Crippen molar-refractivity contribution in [2.75, 3.05) is 20.2 Å². The highest BCUT2D eigenvalue weighted by Gasteiger charge is 1.99. The van der Waals surface area contributed by atoms with Crippen LogP contribution >= 0.6 is 0 Å². The summed E-state index contributed by atoms with van der Waals surface area (Å²) in [5, 5.41) is 3.28. The fourth-order valence-corrected chi connectivity index (χ4v) is 2.25. The van der Waals surface area contributed by atoms with Gasteiger partial charge in [-0.15, -0.1) is 0 Å². The maximum absolute atomic E-state index is 5.52. The normalized spacial score (nSPS) is 13.0. The van der Waals surface area contributed by atoms with Crippen molar-refractivity contribution in [2.24, 2.45) is 5.73 Å². The monoisotopic (exact) mass is 314 g/mol. The Morgan fingerprint density at radius 2 is 1.52 bits per heavy atom. The van der Waals surface area contributed by atoms with Crippen LogP contribution in [0.1, 0.15) is 30.4 Å². The van der Waals surface area contributed by atoms with Gasteiger partial charge in [0, 0.05) is 12.1 Å². The van der Waals surface area contributed by atoms with Gasteiger partial charge in [-0.3, -0.25) is 0 Å². The molecule has 0 amide bonds. The predicted octanol–water partition coefficient (Wildman–Crippen LogP) is 3.91. The first-order valence-electron chi connectivity index (χ1n) is 8.32. The number of ether oxygens (including phenoxy) is 1. The zero-order valence-electron chi connectivity index (χ0n) is 14.4. The molecule has 1 aliphatic heterocycles. The van der Waals surface area contributed by atoms with E-state index in [1.165, 1.54) is 37.9 Å². The number of hydrogen-bond donors (Lipinski definition) is 2. The summed E-state index contributed by atoms with van der Waals surface area (Å²) < 4.78 is 5.11. The van der Waals surface area contributed by atoms with Crippen LogP contribution in [0, 0.1) is 6.92 Å². The molecule has 0 atom stereocenters. The van der Waals surface area contributed by atoms with E-state index in [0.717, 1.165) is 11.3 Å². The first-order valence-corrected chi connectivity index (χ1v) is 8.32. The highest BCUT2D eigenvalue weighted by atomic mass is 16.5. The van der Waals surface area contributed by atoms with Crippen LogP contribution in [0.15, 0.2) is 54.6 Å². The van der Waals surface area contributed by atoms with Crippen LogP contribution in [0.3, 0.4) is 0 Å². The molecular weight excluding hydrogens is 284 g/mol. The summed E-state index contributed by atoms with van der Waals surface area (Å²) in [5.41, 5.74) is 7.79. The number of nitrogens with two attached hydrogens (primary N) is 1. The Bertz CT molecular complexity index is 472. The second-order valence-electron chi connectivity index (χ2n) is 5.48. The lowest BCUT2D eigenvalue weighted by molar-refractivity contribution is 0.409. The summed E-state index contributed by atoms with van der Waals surface area (Å²) in [6, 6.07) is 18.0. The van der Waals surface area contributed by atoms with Crippen LogP contribution in [-0.4, -0.2) is 20.2 Å². The average molecular weight is 314 g/mol. The number of methoxy groups -OCH3 is 1. The Morgan fingerprint density at radius 3 is 1.87 bits per heavy atom. The molecule has 0 unspecified atom stereocenters. The molecule has 3 nitrogen and oxygen atoms in total. The van der Waals surface area contributed by atoms with Gasteiger partial charge in [0.2, 0.25) is 0 Å². The van der Waals surface area contributed by atoms with Crippen LogP contribution in [0.25, 0.3) is 0 Å². The van der Waals surface area contributed by atoms with Gasteiger partial charge >= 0.3 is 0 Å². The third kappa shape index (κ3) is 9.01. The van der Waals surface area contributed by atoms with Gasteiger partial charge in [0.1, 0.15) is 5.75 Å². The van der Waals surface area contributed by atoms with Gasteiger partial charge in [0.05, 0.1) is 7.11 Å². The lowest BCUT2D eigenvalue weighted by Crippen LogP contribution is -2.21. The Kier molecular flexibility index (Phi) is 10.6. The Labute approximate surface area is 140 Å². The van der Waals surface area contributed by atoms with Crippen molar-refractivity contribution < 1.29 is 4.74 Å². The van der Waals surface area contributed by atoms with Crippen LogP contribution in [0.2, 0.25) is 0 Å². The Balaban J connectivity index is 0.000000187. The van der Waals surface area contributed by atoms with Crippen molar-refractivity contribution in [1.82, 2.24) is 5.32 Å². The van der Waals surface area contributed by atoms with Crippen LogP contribution < -0.4 is 15.8 Å². The third-order valence-electron chi connectivity index (χ3n) is 3.53. The summed E-state index contributed by atoms with van der Waals surface area (Å²) in [6.07, 6.45) is 4.22. The molecule has 23 heavy (non-hydrogen) atoms. The van der Waals surface area contributed by atoms with Gasteiger partial charge in [-0.25, -0.2) is 0 Å². The largest absolute Gasteiger partial charge is 0.496 e. The van der Waals surface area contributed by atoms with Crippen molar-refractivity contribution in [3.63, 3.8) is 0 Å². The molecular formula is C20H30N2O. The zero-order chi connectivity index (χ0) is 16.8. The highest BCUT2D eigenvalue weighted by molar-refractivity contribution is 5.36.